The van der Waals surface area contributed by atoms with Crippen molar-refractivity contribution in [1.29, 1.82) is 0 Å². The summed E-state index contributed by atoms with van der Waals surface area (Å²) in [6.45, 7) is 4.01. The van der Waals surface area contributed by atoms with E-state index in [4.69, 9.17) is 0 Å². The summed E-state index contributed by atoms with van der Waals surface area (Å²) in [4.78, 5) is 16.6. The normalized spacial score (nSPS) is 10.7. The molecule has 2 aromatic heterocycles. The third-order valence-electron chi connectivity index (χ3n) is 4.44. The number of anilines is 1. The van der Waals surface area contributed by atoms with Crippen molar-refractivity contribution in [3.8, 4) is 17.1 Å². The number of aryl methyl sites for hydroxylation is 2. The molecule has 6 nitrogen and oxygen atoms in total. The number of hydrogen-bond donors (Lipinski definition) is 1. The van der Waals surface area contributed by atoms with Gasteiger partial charge in [-0.2, -0.15) is 0 Å². The molecular weight excluding hydrogens is 394 g/mol. The molecule has 0 aliphatic rings. The van der Waals surface area contributed by atoms with E-state index in [-0.39, 0.29) is 11.7 Å². The smallest absolute Gasteiger partial charge is 0.236 e. The summed E-state index contributed by atoms with van der Waals surface area (Å²) in [7, 11) is 0. The summed E-state index contributed by atoms with van der Waals surface area (Å²) < 4.78 is 1.98. The van der Waals surface area contributed by atoms with Gasteiger partial charge in [0.25, 0.3) is 0 Å². The van der Waals surface area contributed by atoms with Crippen molar-refractivity contribution in [2.45, 2.75) is 19.0 Å². The van der Waals surface area contributed by atoms with Gasteiger partial charge < -0.3 is 5.32 Å². The van der Waals surface area contributed by atoms with Crippen LogP contribution in [0.2, 0.25) is 0 Å². The second-order valence-electron chi connectivity index (χ2n) is 6.90. The van der Waals surface area contributed by atoms with Crippen LogP contribution in [0.5, 0.6) is 0 Å². The number of rotatable bonds is 6. The van der Waals surface area contributed by atoms with Crippen molar-refractivity contribution >= 4 is 23.5 Å². The maximum atomic E-state index is 12.4. The van der Waals surface area contributed by atoms with E-state index in [1.165, 1.54) is 11.8 Å². The van der Waals surface area contributed by atoms with E-state index in [0.29, 0.717) is 11.0 Å². The van der Waals surface area contributed by atoms with Gasteiger partial charge in [0.2, 0.25) is 5.91 Å². The summed E-state index contributed by atoms with van der Waals surface area (Å²) >= 11 is 1.34. The number of carbonyl (C=O) groups is 1. The van der Waals surface area contributed by atoms with Crippen LogP contribution in [0.15, 0.2) is 78.1 Å². The molecular formula is C23H21N5OS. The molecule has 0 spiro atoms. The molecule has 150 valence electrons. The van der Waals surface area contributed by atoms with E-state index in [0.717, 1.165) is 28.2 Å². The van der Waals surface area contributed by atoms with Crippen LogP contribution in [0.3, 0.4) is 0 Å². The lowest BCUT2D eigenvalue weighted by Gasteiger charge is -2.11. The topological polar surface area (TPSA) is 72.7 Å². The Bertz CT molecular complexity index is 1170. The minimum absolute atomic E-state index is 0.141. The molecule has 0 unspecified atom stereocenters. The third kappa shape index (κ3) is 4.58. The number of nitrogens with one attached hydrogen (secondary N) is 1. The molecule has 2 aromatic carbocycles. The molecule has 4 aromatic rings. The number of para-hydroxylation sites is 1. The lowest BCUT2D eigenvalue weighted by molar-refractivity contribution is -0.113. The summed E-state index contributed by atoms with van der Waals surface area (Å²) in [5.41, 5.74) is 4.11. The van der Waals surface area contributed by atoms with Crippen molar-refractivity contribution in [3.05, 3.63) is 84.1 Å². The van der Waals surface area contributed by atoms with Crippen LogP contribution in [0.4, 0.5) is 5.82 Å². The molecule has 0 fully saturated rings. The molecule has 7 heteroatoms. The first-order valence-electron chi connectivity index (χ1n) is 9.53. The maximum absolute atomic E-state index is 12.4. The Labute approximate surface area is 179 Å². The Morgan fingerprint density at radius 3 is 2.53 bits per heavy atom. The Morgan fingerprint density at radius 1 is 0.967 bits per heavy atom. The Balaban J connectivity index is 1.59. The fourth-order valence-corrected chi connectivity index (χ4v) is 3.81. The SMILES string of the molecule is Cc1cccc(-c2nnc(SCC(=O)Nc3cc(C)ccn3)n2-c2ccccc2)c1. The van der Waals surface area contributed by atoms with Crippen LogP contribution in [-0.4, -0.2) is 31.4 Å². The van der Waals surface area contributed by atoms with E-state index in [2.05, 4.69) is 26.6 Å². The first kappa shape index (κ1) is 19.8. The standard InChI is InChI=1S/C23H21N5OS/c1-16-7-6-8-18(13-16)22-26-27-23(28(22)19-9-4-3-5-10-19)30-15-21(29)25-20-14-17(2)11-12-24-20/h3-14H,15H2,1-2H3,(H,24,25,29). The maximum Gasteiger partial charge on any atom is 0.236 e. The highest BCUT2D eigenvalue weighted by Gasteiger charge is 2.17. The van der Waals surface area contributed by atoms with Gasteiger partial charge in [0.1, 0.15) is 5.82 Å². The zero-order valence-corrected chi connectivity index (χ0v) is 17.6. The summed E-state index contributed by atoms with van der Waals surface area (Å²) in [6, 6.07) is 21.8. The fourth-order valence-electron chi connectivity index (χ4n) is 3.06. The van der Waals surface area contributed by atoms with E-state index in [1.807, 2.05) is 79.1 Å². The summed E-state index contributed by atoms with van der Waals surface area (Å²) in [5.74, 6) is 1.35. The van der Waals surface area contributed by atoms with E-state index in [1.54, 1.807) is 6.20 Å². The quantitative estimate of drug-likeness (QED) is 0.463. The van der Waals surface area contributed by atoms with Gasteiger partial charge >= 0.3 is 0 Å². The molecule has 0 saturated heterocycles. The zero-order valence-electron chi connectivity index (χ0n) is 16.7. The molecule has 0 saturated carbocycles. The largest absolute Gasteiger partial charge is 0.310 e. The van der Waals surface area contributed by atoms with Gasteiger partial charge in [0, 0.05) is 17.4 Å². The third-order valence-corrected chi connectivity index (χ3v) is 5.37. The number of hydrogen-bond acceptors (Lipinski definition) is 5. The van der Waals surface area contributed by atoms with Crippen LogP contribution in [0, 0.1) is 13.8 Å². The van der Waals surface area contributed by atoms with Crippen molar-refractivity contribution in [1.82, 2.24) is 19.7 Å². The predicted octanol–water partition coefficient (Wildman–Crippen LogP) is 4.68. The van der Waals surface area contributed by atoms with Gasteiger partial charge in [0.15, 0.2) is 11.0 Å². The Kier molecular flexibility index (Phi) is 5.90. The monoisotopic (exact) mass is 415 g/mol. The Morgan fingerprint density at radius 2 is 1.77 bits per heavy atom. The van der Waals surface area contributed by atoms with Gasteiger partial charge in [-0.1, -0.05) is 53.7 Å². The lowest BCUT2D eigenvalue weighted by Crippen LogP contribution is -2.15. The number of aromatic nitrogens is 4. The number of thioether (sulfide) groups is 1. The van der Waals surface area contributed by atoms with E-state index < -0.39 is 0 Å². The highest BCUT2D eigenvalue weighted by Crippen LogP contribution is 2.28. The van der Waals surface area contributed by atoms with Gasteiger partial charge in [-0.15, -0.1) is 10.2 Å². The molecule has 30 heavy (non-hydrogen) atoms. The average molecular weight is 416 g/mol. The number of carbonyl (C=O) groups excluding carboxylic acids is 1. The molecule has 0 radical (unpaired) electrons. The van der Waals surface area contributed by atoms with Crippen LogP contribution >= 0.6 is 11.8 Å². The summed E-state index contributed by atoms with van der Waals surface area (Å²) in [6.07, 6.45) is 1.68. The molecule has 1 amide bonds. The minimum atomic E-state index is -0.141. The lowest BCUT2D eigenvalue weighted by atomic mass is 10.1. The highest BCUT2D eigenvalue weighted by atomic mass is 32.2. The van der Waals surface area contributed by atoms with Crippen LogP contribution < -0.4 is 5.32 Å². The molecule has 0 bridgehead atoms. The molecule has 2 heterocycles. The number of nitrogens with zero attached hydrogens (tertiary/aromatic N) is 4. The number of benzene rings is 2. The van der Waals surface area contributed by atoms with Gasteiger partial charge in [0.05, 0.1) is 5.75 Å². The summed E-state index contributed by atoms with van der Waals surface area (Å²) in [5, 5.41) is 12.3. The van der Waals surface area contributed by atoms with Crippen molar-refractivity contribution < 1.29 is 4.79 Å². The molecule has 0 aliphatic heterocycles. The second kappa shape index (κ2) is 8.92. The first-order valence-corrected chi connectivity index (χ1v) is 10.5. The van der Waals surface area contributed by atoms with Gasteiger partial charge in [-0.25, -0.2) is 4.98 Å². The highest BCUT2D eigenvalue weighted by molar-refractivity contribution is 7.99. The van der Waals surface area contributed by atoms with Crippen LogP contribution in [0.1, 0.15) is 11.1 Å². The van der Waals surface area contributed by atoms with Crippen molar-refractivity contribution in [2.75, 3.05) is 11.1 Å². The van der Waals surface area contributed by atoms with Gasteiger partial charge in [-0.05, 0) is 49.7 Å². The van der Waals surface area contributed by atoms with Crippen LogP contribution in [0.25, 0.3) is 17.1 Å². The van der Waals surface area contributed by atoms with Crippen LogP contribution in [-0.2, 0) is 4.79 Å². The molecule has 0 atom stereocenters. The predicted molar refractivity (Wildman–Crippen MR) is 120 cm³/mol. The van der Waals surface area contributed by atoms with Crippen molar-refractivity contribution in [3.63, 3.8) is 0 Å². The van der Waals surface area contributed by atoms with Gasteiger partial charge in [-0.3, -0.25) is 9.36 Å². The van der Waals surface area contributed by atoms with Crippen molar-refractivity contribution in [2.24, 2.45) is 0 Å². The fraction of sp³-hybridized carbons (Fsp3) is 0.130. The number of amides is 1. The molecule has 0 aliphatic carbocycles. The second-order valence-corrected chi connectivity index (χ2v) is 7.84. The zero-order chi connectivity index (χ0) is 20.9. The average Bonchev–Trinajstić information content (AvgIpc) is 3.17. The first-order chi connectivity index (χ1) is 14.6. The number of pyridine rings is 1. The Hall–Kier alpha value is -3.45. The minimum Gasteiger partial charge on any atom is -0.310 e. The van der Waals surface area contributed by atoms with E-state index in [9.17, 15) is 4.79 Å². The molecule has 1 N–H and O–H groups in total. The molecule has 4 rings (SSSR count). The van der Waals surface area contributed by atoms with E-state index >= 15 is 0 Å².